The first-order valence-corrected chi connectivity index (χ1v) is 6.20. The second-order valence-electron chi connectivity index (χ2n) is 3.79. The maximum absolute atomic E-state index is 5.66. The lowest BCUT2D eigenvalue weighted by Crippen LogP contribution is -2.09. The standard InChI is InChI=1S/C13H19NO2S/c1-3-4-5-8-16-11-7-6-10(13(14)17)9-12(11)15-2/h6-7,9H,3-5,8H2,1-2H3,(H2,14,17). The first-order valence-electron chi connectivity index (χ1n) is 5.79. The van der Waals surface area contributed by atoms with Crippen LogP contribution in [0.2, 0.25) is 0 Å². The van der Waals surface area contributed by atoms with Gasteiger partial charge in [0.2, 0.25) is 0 Å². The van der Waals surface area contributed by atoms with E-state index in [4.69, 9.17) is 27.4 Å². The van der Waals surface area contributed by atoms with Gasteiger partial charge in [0.1, 0.15) is 4.99 Å². The largest absolute Gasteiger partial charge is 0.493 e. The van der Waals surface area contributed by atoms with Crippen molar-refractivity contribution in [2.75, 3.05) is 13.7 Å². The molecule has 0 aliphatic carbocycles. The van der Waals surface area contributed by atoms with E-state index in [9.17, 15) is 0 Å². The zero-order chi connectivity index (χ0) is 12.7. The number of hydrogen-bond donors (Lipinski definition) is 1. The van der Waals surface area contributed by atoms with Gasteiger partial charge in [-0.05, 0) is 24.6 Å². The highest BCUT2D eigenvalue weighted by atomic mass is 32.1. The molecule has 2 N–H and O–H groups in total. The average molecular weight is 253 g/mol. The Kier molecular flexibility index (Phi) is 5.77. The van der Waals surface area contributed by atoms with E-state index >= 15 is 0 Å². The van der Waals surface area contributed by atoms with Crippen molar-refractivity contribution in [2.24, 2.45) is 5.73 Å². The van der Waals surface area contributed by atoms with E-state index in [-0.39, 0.29) is 0 Å². The van der Waals surface area contributed by atoms with Crippen molar-refractivity contribution in [3.63, 3.8) is 0 Å². The van der Waals surface area contributed by atoms with Crippen molar-refractivity contribution in [3.8, 4) is 11.5 Å². The molecule has 0 bridgehead atoms. The van der Waals surface area contributed by atoms with Gasteiger partial charge in [-0.2, -0.15) is 0 Å². The summed E-state index contributed by atoms with van der Waals surface area (Å²) in [5, 5.41) is 0. The molecule has 3 nitrogen and oxygen atoms in total. The van der Waals surface area contributed by atoms with Crippen LogP contribution in [0.5, 0.6) is 11.5 Å². The van der Waals surface area contributed by atoms with Gasteiger partial charge in [-0.15, -0.1) is 0 Å². The predicted octanol–water partition coefficient (Wildman–Crippen LogP) is 2.90. The number of rotatable bonds is 7. The maximum Gasteiger partial charge on any atom is 0.161 e. The van der Waals surface area contributed by atoms with Gasteiger partial charge in [0, 0.05) is 5.56 Å². The molecule has 0 unspecified atom stereocenters. The van der Waals surface area contributed by atoms with Crippen LogP contribution >= 0.6 is 12.2 Å². The molecule has 0 aliphatic heterocycles. The highest BCUT2D eigenvalue weighted by molar-refractivity contribution is 7.80. The van der Waals surface area contributed by atoms with Gasteiger partial charge in [-0.1, -0.05) is 32.0 Å². The topological polar surface area (TPSA) is 44.5 Å². The van der Waals surface area contributed by atoms with Gasteiger partial charge in [-0.25, -0.2) is 0 Å². The van der Waals surface area contributed by atoms with Crippen LogP contribution in [0.1, 0.15) is 31.7 Å². The predicted molar refractivity (Wildman–Crippen MR) is 73.9 cm³/mol. The average Bonchev–Trinajstić information content (AvgIpc) is 2.34. The number of hydrogen-bond acceptors (Lipinski definition) is 3. The minimum absolute atomic E-state index is 0.362. The summed E-state index contributed by atoms with van der Waals surface area (Å²) in [5.41, 5.74) is 6.35. The lowest BCUT2D eigenvalue weighted by atomic mass is 10.2. The van der Waals surface area contributed by atoms with Crippen molar-refractivity contribution in [3.05, 3.63) is 23.8 Å². The smallest absolute Gasteiger partial charge is 0.161 e. The van der Waals surface area contributed by atoms with E-state index in [1.807, 2.05) is 12.1 Å². The van der Waals surface area contributed by atoms with E-state index < -0.39 is 0 Å². The molecule has 1 rings (SSSR count). The summed E-state index contributed by atoms with van der Waals surface area (Å²) in [4.78, 5) is 0.362. The first kappa shape index (κ1) is 13.8. The molecule has 0 fully saturated rings. The Bertz CT molecular complexity index is 380. The molecule has 0 atom stereocenters. The molecule has 4 heteroatoms. The van der Waals surface area contributed by atoms with Crippen LogP contribution in [0, 0.1) is 0 Å². The Labute approximate surface area is 108 Å². The third-order valence-electron chi connectivity index (χ3n) is 2.45. The van der Waals surface area contributed by atoms with Crippen LogP contribution < -0.4 is 15.2 Å². The molecule has 0 spiro atoms. The summed E-state index contributed by atoms with van der Waals surface area (Å²) in [6.07, 6.45) is 3.41. The third-order valence-corrected chi connectivity index (χ3v) is 2.69. The fourth-order valence-corrected chi connectivity index (χ4v) is 1.60. The second kappa shape index (κ2) is 7.12. The molecule has 0 radical (unpaired) electrons. The minimum Gasteiger partial charge on any atom is -0.493 e. The van der Waals surface area contributed by atoms with Crippen molar-refractivity contribution < 1.29 is 9.47 Å². The van der Waals surface area contributed by atoms with E-state index in [2.05, 4.69) is 6.92 Å². The normalized spacial score (nSPS) is 10.0. The molecule has 0 heterocycles. The summed E-state index contributed by atoms with van der Waals surface area (Å²) >= 11 is 4.92. The number of thiocarbonyl (C=S) groups is 1. The Balaban J connectivity index is 2.68. The van der Waals surface area contributed by atoms with Gasteiger partial charge in [0.05, 0.1) is 13.7 Å². The van der Waals surface area contributed by atoms with Crippen LogP contribution in [0.15, 0.2) is 18.2 Å². The SMILES string of the molecule is CCCCCOc1ccc(C(N)=S)cc1OC. The molecule has 0 aliphatic rings. The van der Waals surface area contributed by atoms with Crippen LogP contribution in [0.4, 0.5) is 0 Å². The number of methoxy groups -OCH3 is 1. The van der Waals surface area contributed by atoms with Crippen LogP contribution in [0.25, 0.3) is 0 Å². The summed E-state index contributed by atoms with van der Waals surface area (Å²) in [7, 11) is 1.61. The monoisotopic (exact) mass is 253 g/mol. The van der Waals surface area contributed by atoms with E-state index in [1.54, 1.807) is 13.2 Å². The van der Waals surface area contributed by atoms with Crippen molar-refractivity contribution in [2.45, 2.75) is 26.2 Å². The quantitative estimate of drug-likeness (QED) is 0.599. The maximum atomic E-state index is 5.66. The lowest BCUT2D eigenvalue weighted by Gasteiger charge is -2.11. The van der Waals surface area contributed by atoms with Crippen molar-refractivity contribution in [1.82, 2.24) is 0 Å². The first-order chi connectivity index (χ1) is 8.19. The van der Waals surface area contributed by atoms with Crippen LogP contribution in [-0.4, -0.2) is 18.7 Å². The van der Waals surface area contributed by atoms with Gasteiger partial charge < -0.3 is 15.2 Å². The zero-order valence-electron chi connectivity index (χ0n) is 10.4. The van der Waals surface area contributed by atoms with E-state index in [1.165, 1.54) is 12.8 Å². The minimum atomic E-state index is 0.362. The molecular weight excluding hydrogens is 234 g/mol. The van der Waals surface area contributed by atoms with Crippen LogP contribution in [-0.2, 0) is 0 Å². The Hall–Kier alpha value is -1.29. The zero-order valence-corrected chi connectivity index (χ0v) is 11.2. The molecule has 1 aromatic rings. The fourth-order valence-electron chi connectivity index (χ4n) is 1.47. The van der Waals surface area contributed by atoms with Gasteiger partial charge in [0.25, 0.3) is 0 Å². The number of unbranched alkanes of at least 4 members (excludes halogenated alkanes) is 2. The fraction of sp³-hybridized carbons (Fsp3) is 0.462. The molecule has 94 valence electrons. The molecule has 0 saturated carbocycles. The van der Waals surface area contributed by atoms with Gasteiger partial charge in [0.15, 0.2) is 11.5 Å². The Morgan fingerprint density at radius 2 is 2.06 bits per heavy atom. The molecule has 0 amide bonds. The number of benzene rings is 1. The van der Waals surface area contributed by atoms with E-state index in [0.29, 0.717) is 17.3 Å². The van der Waals surface area contributed by atoms with E-state index in [0.717, 1.165) is 17.7 Å². The molecule has 1 aromatic carbocycles. The third kappa shape index (κ3) is 4.23. The van der Waals surface area contributed by atoms with Crippen molar-refractivity contribution >= 4 is 17.2 Å². The summed E-state index contributed by atoms with van der Waals surface area (Å²) in [6, 6.07) is 5.50. The summed E-state index contributed by atoms with van der Waals surface area (Å²) < 4.78 is 10.9. The Morgan fingerprint density at radius 1 is 1.29 bits per heavy atom. The highest BCUT2D eigenvalue weighted by Crippen LogP contribution is 2.28. The molecular formula is C13H19NO2S. The second-order valence-corrected chi connectivity index (χ2v) is 4.23. The van der Waals surface area contributed by atoms with Crippen molar-refractivity contribution in [1.29, 1.82) is 0 Å². The highest BCUT2D eigenvalue weighted by Gasteiger charge is 2.06. The molecule has 0 aromatic heterocycles. The van der Waals surface area contributed by atoms with Crippen LogP contribution in [0.3, 0.4) is 0 Å². The summed E-state index contributed by atoms with van der Waals surface area (Å²) in [5.74, 6) is 1.41. The van der Waals surface area contributed by atoms with Gasteiger partial charge >= 0.3 is 0 Å². The molecule has 17 heavy (non-hydrogen) atoms. The number of nitrogens with two attached hydrogens (primary N) is 1. The lowest BCUT2D eigenvalue weighted by molar-refractivity contribution is 0.286. The number of ether oxygens (including phenoxy) is 2. The summed E-state index contributed by atoms with van der Waals surface area (Å²) in [6.45, 7) is 2.87. The molecule has 0 saturated heterocycles. The Morgan fingerprint density at radius 3 is 2.65 bits per heavy atom. The van der Waals surface area contributed by atoms with Gasteiger partial charge in [-0.3, -0.25) is 0 Å².